The molecule has 1 aliphatic heterocycles. The largest absolute Gasteiger partial charge is 0.362 e. The molecule has 1 rings (SSSR count). The van der Waals surface area contributed by atoms with Gasteiger partial charge in [0, 0.05) is 17.6 Å². The van der Waals surface area contributed by atoms with E-state index in [1.165, 1.54) is 0 Å². The highest BCUT2D eigenvalue weighted by molar-refractivity contribution is 5.92. The molecule has 1 aliphatic rings. The third kappa shape index (κ3) is 2.42. The molecule has 0 amide bonds. The summed E-state index contributed by atoms with van der Waals surface area (Å²) in [5.74, 6) is 0. The van der Waals surface area contributed by atoms with Crippen molar-refractivity contribution in [2.24, 2.45) is 0 Å². The third-order valence-corrected chi connectivity index (χ3v) is 1.44. The van der Waals surface area contributed by atoms with Gasteiger partial charge in [-0.3, -0.25) is 0 Å². The topological polar surface area (TPSA) is 35.9 Å². The normalized spacial score (nSPS) is 18.5. The van der Waals surface area contributed by atoms with Crippen LogP contribution in [0.2, 0.25) is 0 Å². The summed E-state index contributed by atoms with van der Waals surface area (Å²) in [5.41, 5.74) is 1.63. The fourth-order valence-electron chi connectivity index (χ4n) is 0.787. The third-order valence-electron chi connectivity index (χ3n) is 1.44. The first-order chi connectivity index (χ1) is 5.33. The summed E-state index contributed by atoms with van der Waals surface area (Å²) in [7, 11) is 0. The van der Waals surface area contributed by atoms with E-state index in [-0.39, 0.29) is 0 Å². The second-order valence-corrected chi connectivity index (χ2v) is 2.34. The molecule has 58 valence electrons. The van der Waals surface area contributed by atoms with Crippen molar-refractivity contribution in [3.05, 3.63) is 36.2 Å². The first-order valence-electron chi connectivity index (χ1n) is 3.72. The van der Waals surface area contributed by atoms with E-state index in [0.29, 0.717) is 5.71 Å². The Morgan fingerprint density at radius 2 is 2.45 bits per heavy atom. The van der Waals surface area contributed by atoms with Gasteiger partial charge in [0.05, 0.1) is 0 Å². The van der Waals surface area contributed by atoms with Gasteiger partial charge in [-0.25, -0.2) is 0 Å². The zero-order valence-electron chi connectivity index (χ0n) is 6.59. The zero-order valence-corrected chi connectivity index (χ0v) is 6.59. The summed E-state index contributed by atoms with van der Waals surface area (Å²) in [6.45, 7) is 1.97. The minimum atomic E-state index is 0.646. The minimum Gasteiger partial charge on any atom is -0.362 e. The van der Waals surface area contributed by atoms with E-state index >= 15 is 0 Å². The molecule has 0 aromatic carbocycles. The highest BCUT2D eigenvalue weighted by atomic mass is 14.8. The molecule has 2 nitrogen and oxygen atoms in total. The number of hydrogen-bond acceptors (Lipinski definition) is 2. The van der Waals surface area contributed by atoms with Crippen molar-refractivity contribution >= 4 is 5.71 Å². The molecule has 1 heterocycles. The van der Waals surface area contributed by atoms with Crippen LogP contribution in [0.3, 0.4) is 0 Å². The first-order valence-corrected chi connectivity index (χ1v) is 3.72. The number of nitrogens with one attached hydrogen (secondary N) is 2. The summed E-state index contributed by atoms with van der Waals surface area (Å²) >= 11 is 0. The van der Waals surface area contributed by atoms with Crippen LogP contribution in [0.1, 0.15) is 13.3 Å². The van der Waals surface area contributed by atoms with Gasteiger partial charge in [-0.1, -0.05) is 13.0 Å². The standard InChI is InChI=1S/C9H12N2/c1-2-8(10)7-9-5-3-4-6-11-9/h3-7,10-11H,2H2,1H3/b9-7-,10-8?. The van der Waals surface area contributed by atoms with Crippen molar-refractivity contribution in [3.8, 4) is 0 Å². The van der Waals surface area contributed by atoms with Crippen LogP contribution in [-0.4, -0.2) is 5.71 Å². The summed E-state index contributed by atoms with van der Waals surface area (Å²) in [6.07, 6.45) is 10.3. The Hall–Kier alpha value is -1.31. The lowest BCUT2D eigenvalue weighted by atomic mass is 10.2. The lowest BCUT2D eigenvalue weighted by molar-refractivity contribution is 1.09. The zero-order chi connectivity index (χ0) is 8.10. The second-order valence-electron chi connectivity index (χ2n) is 2.34. The molecule has 0 saturated heterocycles. The maximum atomic E-state index is 7.40. The molecule has 0 fully saturated rings. The van der Waals surface area contributed by atoms with Crippen LogP contribution in [-0.2, 0) is 0 Å². The van der Waals surface area contributed by atoms with Crippen LogP contribution in [0.5, 0.6) is 0 Å². The van der Waals surface area contributed by atoms with E-state index in [0.717, 1.165) is 12.1 Å². The average molecular weight is 148 g/mol. The first kappa shape index (κ1) is 7.79. The SMILES string of the molecule is CCC(=N)/C=C1/C=CC=CN1. The maximum absolute atomic E-state index is 7.40. The Morgan fingerprint density at radius 3 is 3.00 bits per heavy atom. The molecule has 0 bridgehead atoms. The van der Waals surface area contributed by atoms with E-state index < -0.39 is 0 Å². The average Bonchev–Trinajstić information content (AvgIpc) is 2.06. The number of dihydropyridines is 1. The lowest BCUT2D eigenvalue weighted by Crippen LogP contribution is -2.06. The van der Waals surface area contributed by atoms with Gasteiger partial charge >= 0.3 is 0 Å². The van der Waals surface area contributed by atoms with Gasteiger partial charge in [-0.2, -0.15) is 0 Å². The van der Waals surface area contributed by atoms with Crippen molar-refractivity contribution in [2.45, 2.75) is 13.3 Å². The molecule has 0 atom stereocenters. The van der Waals surface area contributed by atoms with Crippen LogP contribution in [0.25, 0.3) is 0 Å². The summed E-state index contributed by atoms with van der Waals surface area (Å²) in [4.78, 5) is 0. The molecule has 0 aliphatic carbocycles. The van der Waals surface area contributed by atoms with Crippen molar-refractivity contribution in [2.75, 3.05) is 0 Å². The fourth-order valence-corrected chi connectivity index (χ4v) is 0.787. The molecule has 0 spiro atoms. The second kappa shape index (κ2) is 3.76. The predicted octanol–water partition coefficient (Wildman–Crippen LogP) is 1.97. The lowest BCUT2D eigenvalue weighted by Gasteiger charge is -2.04. The van der Waals surface area contributed by atoms with E-state index in [1.807, 2.05) is 37.4 Å². The van der Waals surface area contributed by atoms with Crippen LogP contribution < -0.4 is 5.32 Å². The van der Waals surface area contributed by atoms with Crippen molar-refractivity contribution in [1.82, 2.24) is 5.32 Å². The highest BCUT2D eigenvalue weighted by Gasteiger charge is 1.93. The Bertz CT molecular complexity index is 234. The van der Waals surface area contributed by atoms with Crippen LogP contribution >= 0.6 is 0 Å². The van der Waals surface area contributed by atoms with Crippen LogP contribution in [0.15, 0.2) is 36.2 Å². The Labute approximate surface area is 66.8 Å². The molecular weight excluding hydrogens is 136 g/mol. The van der Waals surface area contributed by atoms with Gasteiger partial charge in [0.15, 0.2) is 0 Å². The molecule has 2 heteroatoms. The van der Waals surface area contributed by atoms with Gasteiger partial charge < -0.3 is 10.7 Å². The monoisotopic (exact) mass is 148 g/mol. The van der Waals surface area contributed by atoms with Crippen molar-refractivity contribution in [1.29, 1.82) is 5.41 Å². The molecule has 0 aromatic heterocycles. The summed E-state index contributed by atoms with van der Waals surface area (Å²) < 4.78 is 0. The van der Waals surface area contributed by atoms with Crippen LogP contribution in [0.4, 0.5) is 0 Å². The molecule has 0 radical (unpaired) electrons. The van der Waals surface area contributed by atoms with Gasteiger partial charge in [-0.15, -0.1) is 0 Å². The van der Waals surface area contributed by atoms with Crippen molar-refractivity contribution < 1.29 is 0 Å². The Kier molecular flexibility index (Phi) is 2.66. The molecule has 11 heavy (non-hydrogen) atoms. The number of rotatable bonds is 2. The van der Waals surface area contributed by atoms with E-state index in [4.69, 9.17) is 5.41 Å². The van der Waals surface area contributed by atoms with Gasteiger partial charge in [-0.05, 0) is 24.6 Å². The summed E-state index contributed by atoms with van der Waals surface area (Å²) in [5, 5.41) is 10.4. The minimum absolute atomic E-state index is 0.646. The van der Waals surface area contributed by atoms with E-state index in [9.17, 15) is 0 Å². The Balaban J connectivity index is 2.60. The fraction of sp³-hybridized carbons (Fsp3) is 0.222. The van der Waals surface area contributed by atoms with E-state index in [2.05, 4.69) is 5.32 Å². The summed E-state index contributed by atoms with van der Waals surface area (Å²) in [6, 6.07) is 0. The van der Waals surface area contributed by atoms with Gasteiger partial charge in [0.25, 0.3) is 0 Å². The number of allylic oxidation sites excluding steroid dienone is 4. The smallest absolute Gasteiger partial charge is 0.0397 e. The van der Waals surface area contributed by atoms with Gasteiger partial charge in [0.2, 0.25) is 0 Å². The van der Waals surface area contributed by atoms with E-state index in [1.54, 1.807) is 0 Å². The number of hydrogen-bond donors (Lipinski definition) is 2. The highest BCUT2D eigenvalue weighted by Crippen LogP contribution is 1.99. The van der Waals surface area contributed by atoms with Crippen LogP contribution in [0, 0.1) is 5.41 Å². The Morgan fingerprint density at radius 1 is 1.64 bits per heavy atom. The van der Waals surface area contributed by atoms with Crippen molar-refractivity contribution in [3.63, 3.8) is 0 Å². The molecule has 0 saturated carbocycles. The van der Waals surface area contributed by atoms with Gasteiger partial charge in [0.1, 0.15) is 0 Å². The predicted molar refractivity (Wildman–Crippen MR) is 47.5 cm³/mol. The maximum Gasteiger partial charge on any atom is 0.0397 e. The quantitative estimate of drug-likeness (QED) is 0.577. The molecule has 2 N–H and O–H groups in total. The molecule has 0 aromatic rings. The molecule has 0 unspecified atom stereocenters. The molecular formula is C9H12N2.